The quantitative estimate of drug-likeness (QED) is 0.536. The predicted octanol–water partition coefficient (Wildman–Crippen LogP) is 4.75. The zero-order valence-electron chi connectivity index (χ0n) is 13.1. The molecule has 0 saturated heterocycles. The molecule has 1 aliphatic carbocycles. The van der Waals surface area contributed by atoms with Crippen molar-refractivity contribution in [2.75, 3.05) is 6.61 Å². The zero-order valence-corrected chi connectivity index (χ0v) is 13.1. The van der Waals surface area contributed by atoms with Crippen molar-refractivity contribution < 1.29 is 18.3 Å². The minimum Gasteiger partial charge on any atom is -0.468 e. The lowest BCUT2D eigenvalue weighted by atomic mass is 9.76. The Morgan fingerprint density at radius 3 is 2.50 bits per heavy atom. The van der Waals surface area contributed by atoms with Crippen LogP contribution in [0.5, 0.6) is 0 Å². The smallest absolute Gasteiger partial charge is 0.293 e. The van der Waals surface area contributed by atoms with Gasteiger partial charge < -0.3 is 4.74 Å². The van der Waals surface area contributed by atoms with E-state index in [-0.39, 0.29) is 12.5 Å². The molecule has 1 aliphatic rings. The molecule has 1 saturated carbocycles. The number of ether oxygens (including phenoxy) is 1. The summed E-state index contributed by atoms with van der Waals surface area (Å²) in [5.74, 6) is -0.557. The average Bonchev–Trinajstić information content (AvgIpc) is 2.52. The van der Waals surface area contributed by atoms with Gasteiger partial charge in [-0.15, -0.1) is 0 Å². The molecule has 1 fully saturated rings. The lowest BCUT2D eigenvalue weighted by Crippen LogP contribution is -2.15. The number of benzene rings is 1. The molecule has 1 aromatic carbocycles. The molecule has 22 heavy (non-hydrogen) atoms. The van der Waals surface area contributed by atoms with Crippen LogP contribution in [0.2, 0.25) is 0 Å². The van der Waals surface area contributed by atoms with Crippen molar-refractivity contribution in [2.45, 2.75) is 57.8 Å². The fraction of sp³-hybridized carbons (Fsp3) is 0.611. The number of halogens is 2. The highest BCUT2D eigenvalue weighted by Crippen LogP contribution is 2.39. The van der Waals surface area contributed by atoms with Crippen LogP contribution in [0.4, 0.5) is 8.78 Å². The molecule has 0 unspecified atom stereocenters. The predicted molar refractivity (Wildman–Crippen MR) is 81.7 cm³/mol. The summed E-state index contributed by atoms with van der Waals surface area (Å²) in [7, 11) is 0. The minimum atomic E-state index is -0.829. The summed E-state index contributed by atoms with van der Waals surface area (Å²) in [4.78, 5) is 10.2. The van der Waals surface area contributed by atoms with Gasteiger partial charge in [0.15, 0.2) is 11.6 Å². The minimum absolute atomic E-state index is 0.201. The first-order chi connectivity index (χ1) is 10.7. The number of hydrogen-bond donors (Lipinski definition) is 0. The number of rotatable bonds is 7. The van der Waals surface area contributed by atoms with Crippen LogP contribution in [0, 0.1) is 17.6 Å². The van der Waals surface area contributed by atoms with Gasteiger partial charge in [0.05, 0.1) is 6.61 Å². The summed E-state index contributed by atoms with van der Waals surface area (Å²) in [6.07, 6.45) is 7.25. The molecule has 122 valence electrons. The highest BCUT2D eigenvalue weighted by molar-refractivity contribution is 5.37. The molecule has 0 aliphatic heterocycles. The second-order valence-corrected chi connectivity index (χ2v) is 6.19. The molecule has 0 amide bonds. The first-order valence-electron chi connectivity index (χ1n) is 8.18. The molecular formula is C18H24F2O2. The van der Waals surface area contributed by atoms with Crippen molar-refractivity contribution in [1.82, 2.24) is 0 Å². The Bertz CT molecular complexity index is 494. The standard InChI is InChI=1S/C18H24F2O2/c1-2-3-13-4-6-14(7-5-13)16-11-18(20)17(19)10-15(16)8-9-22-12-21/h10-14H,2-9H2,1H3. The van der Waals surface area contributed by atoms with Crippen LogP contribution in [-0.2, 0) is 16.0 Å². The zero-order chi connectivity index (χ0) is 15.9. The molecule has 4 heteroatoms. The van der Waals surface area contributed by atoms with Gasteiger partial charge >= 0.3 is 0 Å². The Kier molecular flexibility index (Phi) is 6.34. The van der Waals surface area contributed by atoms with E-state index in [0.717, 1.165) is 42.7 Å². The Morgan fingerprint density at radius 1 is 1.18 bits per heavy atom. The van der Waals surface area contributed by atoms with Crippen LogP contribution in [0.3, 0.4) is 0 Å². The molecule has 1 aromatic rings. The molecule has 0 bridgehead atoms. The van der Waals surface area contributed by atoms with Crippen LogP contribution in [0.25, 0.3) is 0 Å². The third-order valence-electron chi connectivity index (χ3n) is 4.72. The number of carbonyl (C=O) groups is 1. The third kappa shape index (κ3) is 4.28. The summed E-state index contributed by atoms with van der Waals surface area (Å²) < 4.78 is 31.9. The fourth-order valence-corrected chi connectivity index (χ4v) is 3.59. The summed E-state index contributed by atoms with van der Waals surface area (Å²) in [5, 5.41) is 0. The van der Waals surface area contributed by atoms with E-state index in [0.29, 0.717) is 12.9 Å². The van der Waals surface area contributed by atoms with Crippen molar-refractivity contribution in [3.8, 4) is 0 Å². The Balaban J connectivity index is 2.11. The van der Waals surface area contributed by atoms with E-state index in [4.69, 9.17) is 4.74 Å². The fourth-order valence-electron chi connectivity index (χ4n) is 3.59. The van der Waals surface area contributed by atoms with E-state index >= 15 is 0 Å². The van der Waals surface area contributed by atoms with Crippen molar-refractivity contribution in [3.05, 3.63) is 34.9 Å². The molecule has 0 N–H and O–H groups in total. The Labute approximate surface area is 130 Å². The average molecular weight is 310 g/mol. The van der Waals surface area contributed by atoms with Gasteiger partial charge in [0.2, 0.25) is 0 Å². The molecule has 2 rings (SSSR count). The molecule has 0 aromatic heterocycles. The summed E-state index contributed by atoms with van der Waals surface area (Å²) in [6, 6.07) is 2.60. The maximum atomic E-state index is 13.6. The van der Waals surface area contributed by atoms with Crippen LogP contribution in [-0.4, -0.2) is 13.1 Å². The van der Waals surface area contributed by atoms with Gasteiger partial charge in [0.25, 0.3) is 6.47 Å². The molecule has 0 spiro atoms. The van der Waals surface area contributed by atoms with Crippen molar-refractivity contribution in [1.29, 1.82) is 0 Å². The normalized spacial score (nSPS) is 21.6. The van der Waals surface area contributed by atoms with E-state index in [1.165, 1.54) is 25.0 Å². The maximum absolute atomic E-state index is 13.6. The van der Waals surface area contributed by atoms with Crippen molar-refractivity contribution >= 4 is 6.47 Å². The van der Waals surface area contributed by atoms with Gasteiger partial charge in [-0.05, 0) is 60.8 Å². The molecule has 0 radical (unpaired) electrons. The van der Waals surface area contributed by atoms with Crippen LogP contribution < -0.4 is 0 Å². The van der Waals surface area contributed by atoms with Gasteiger partial charge in [-0.3, -0.25) is 4.79 Å². The SMILES string of the molecule is CCCC1CCC(c2cc(F)c(F)cc2CCOC=O)CC1. The highest BCUT2D eigenvalue weighted by Gasteiger charge is 2.24. The van der Waals surface area contributed by atoms with Crippen molar-refractivity contribution in [2.24, 2.45) is 5.92 Å². The lowest BCUT2D eigenvalue weighted by Gasteiger charge is -2.30. The second-order valence-electron chi connectivity index (χ2n) is 6.19. The van der Waals surface area contributed by atoms with E-state index in [2.05, 4.69) is 6.92 Å². The highest BCUT2D eigenvalue weighted by atomic mass is 19.2. The van der Waals surface area contributed by atoms with Gasteiger partial charge in [0, 0.05) is 6.42 Å². The third-order valence-corrected chi connectivity index (χ3v) is 4.72. The van der Waals surface area contributed by atoms with Crippen molar-refractivity contribution in [3.63, 3.8) is 0 Å². The van der Waals surface area contributed by atoms with Crippen LogP contribution in [0.1, 0.15) is 62.5 Å². The lowest BCUT2D eigenvalue weighted by molar-refractivity contribution is -0.128. The molecule has 0 atom stereocenters. The van der Waals surface area contributed by atoms with E-state index in [9.17, 15) is 13.6 Å². The largest absolute Gasteiger partial charge is 0.468 e. The maximum Gasteiger partial charge on any atom is 0.293 e. The van der Waals surface area contributed by atoms with Gasteiger partial charge in [-0.2, -0.15) is 0 Å². The number of carbonyl (C=O) groups excluding carboxylic acids is 1. The van der Waals surface area contributed by atoms with Gasteiger partial charge in [0.1, 0.15) is 0 Å². The van der Waals surface area contributed by atoms with Gasteiger partial charge in [-0.1, -0.05) is 19.8 Å². The van der Waals surface area contributed by atoms with Crippen LogP contribution in [0.15, 0.2) is 12.1 Å². The van der Waals surface area contributed by atoms with Gasteiger partial charge in [-0.25, -0.2) is 8.78 Å². The monoisotopic (exact) mass is 310 g/mol. The first-order valence-corrected chi connectivity index (χ1v) is 8.18. The van der Waals surface area contributed by atoms with E-state index < -0.39 is 11.6 Å². The van der Waals surface area contributed by atoms with Crippen LogP contribution >= 0.6 is 0 Å². The Morgan fingerprint density at radius 2 is 1.86 bits per heavy atom. The van der Waals surface area contributed by atoms with E-state index in [1.54, 1.807) is 0 Å². The van der Waals surface area contributed by atoms with E-state index in [1.807, 2.05) is 0 Å². The molecule has 0 heterocycles. The summed E-state index contributed by atoms with van der Waals surface area (Å²) in [5.41, 5.74) is 1.66. The molecular weight excluding hydrogens is 286 g/mol. The number of hydrogen-bond acceptors (Lipinski definition) is 2. The second kappa shape index (κ2) is 8.25. The topological polar surface area (TPSA) is 26.3 Å². The summed E-state index contributed by atoms with van der Waals surface area (Å²) in [6.45, 7) is 2.79. The molecule has 2 nitrogen and oxygen atoms in total. The Hall–Kier alpha value is -1.45. The first kappa shape index (κ1) is 16.9. The summed E-state index contributed by atoms with van der Waals surface area (Å²) >= 11 is 0.